The third kappa shape index (κ3) is 3.66. The minimum Gasteiger partial charge on any atom is -0.352 e. The van der Waals surface area contributed by atoms with Crippen molar-refractivity contribution < 1.29 is 9.59 Å². The van der Waals surface area contributed by atoms with E-state index in [0.29, 0.717) is 35.6 Å². The molecule has 6 heteroatoms. The lowest BCUT2D eigenvalue weighted by atomic mass is 10.1. The molecule has 0 radical (unpaired) electrons. The summed E-state index contributed by atoms with van der Waals surface area (Å²) in [7, 11) is 0. The molecule has 0 aliphatic rings. The molecule has 0 atom stereocenters. The van der Waals surface area contributed by atoms with Gasteiger partial charge in [0, 0.05) is 36.6 Å². The highest BCUT2D eigenvalue weighted by Crippen LogP contribution is 2.16. The van der Waals surface area contributed by atoms with Gasteiger partial charge in [-0.2, -0.15) is 0 Å². The highest BCUT2D eigenvalue weighted by Gasteiger charge is 2.10. The largest absolute Gasteiger partial charge is 0.352 e. The van der Waals surface area contributed by atoms with Crippen LogP contribution in [0.1, 0.15) is 34.6 Å². The average molecular weight is 298 g/mol. The van der Waals surface area contributed by atoms with Crippen molar-refractivity contribution in [3.63, 3.8) is 0 Å². The summed E-state index contributed by atoms with van der Waals surface area (Å²) in [4.78, 5) is 32.2. The lowest BCUT2D eigenvalue weighted by Crippen LogP contribution is -2.23. The molecule has 114 valence electrons. The molecule has 0 unspecified atom stereocenters. The summed E-state index contributed by atoms with van der Waals surface area (Å²) in [5, 5.41) is 5.47. The minimum absolute atomic E-state index is 0.161. The lowest BCUT2D eigenvalue weighted by Gasteiger charge is -2.06. The molecule has 0 aliphatic heterocycles. The smallest absolute Gasteiger partial charge is 0.251 e. The van der Waals surface area contributed by atoms with Gasteiger partial charge in [-0.1, -0.05) is 0 Å². The molecule has 0 saturated carbocycles. The molecule has 0 saturated heterocycles. The van der Waals surface area contributed by atoms with E-state index in [1.54, 1.807) is 36.7 Å². The van der Waals surface area contributed by atoms with E-state index in [4.69, 9.17) is 0 Å². The second kappa shape index (κ2) is 7.31. The van der Waals surface area contributed by atoms with E-state index >= 15 is 0 Å². The molecule has 0 fully saturated rings. The SMILES string of the molecule is CCNC(=O)c1ccnc(-c2cc(C(=O)NCC)ccn2)c1. The molecule has 0 bridgehead atoms. The van der Waals surface area contributed by atoms with E-state index < -0.39 is 0 Å². The molecule has 2 rings (SSSR count). The van der Waals surface area contributed by atoms with Crippen molar-refractivity contribution in [2.24, 2.45) is 0 Å². The highest BCUT2D eigenvalue weighted by atomic mass is 16.2. The number of nitrogens with one attached hydrogen (secondary N) is 2. The van der Waals surface area contributed by atoms with E-state index in [1.165, 1.54) is 0 Å². The maximum Gasteiger partial charge on any atom is 0.251 e. The molecular weight excluding hydrogens is 280 g/mol. The van der Waals surface area contributed by atoms with Gasteiger partial charge in [0.15, 0.2) is 0 Å². The third-order valence-corrected chi connectivity index (χ3v) is 2.98. The average Bonchev–Trinajstić information content (AvgIpc) is 2.55. The standard InChI is InChI=1S/C16H18N4O2/c1-3-17-15(21)11-5-7-19-13(9-11)14-10-12(6-8-20-14)16(22)18-4-2/h5-10H,3-4H2,1-2H3,(H,17,21)(H,18,22). The summed E-state index contributed by atoms with van der Waals surface area (Å²) < 4.78 is 0. The number of hydrogen-bond donors (Lipinski definition) is 2. The second-order valence-corrected chi connectivity index (χ2v) is 4.58. The first kappa shape index (κ1) is 15.6. The molecule has 6 nitrogen and oxygen atoms in total. The van der Waals surface area contributed by atoms with Crippen LogP contribution in [0.25, 0.3) is 11.4 Å². The summed E-state index contributed by atoms with van der Waals surface area (Å²) >= 11 is 0. The minimum atomic E-state index is -0.161. The number of hydrogen-bond acceptors (Lipinski definition) is 4. The van der Waals surface area contributed by atoms with E-state index in [2.05, 4.69) is 20.6 Å². The van der Waals surface area contributed by atoms with Gasteiger partial charge in [-0.05, 0) is 38.1 Å². The zero-order chi connectivity index (χ0) is 15.9. The fourth-order valence-electron chi connectivity index (χ4n) is 1.95. The fourth-order valence-corrected chi connectivity index (χ4v) is 1.95. The van der Waals surface area contributed by atoms with Crippen LogP contribution in [-0.4, -0.2) is 34.9 Å². The van der Waals surface area contributed by atoms with Crippen LogP contribution in [0.3, 0.4) is 0 Å². The maximum atomic E-state index is 11.9. The number of nitrogens with zero attached hydrogens (tertiary/aromatic N) is 2. The van der Waals surface area contributed by atoms with Gasteiger partial charge in [0.2, 0.25) is 0 Å². The molecule has 2 aromatic heterocycles. The predicted molar refractivity (Wildman–Crippen MR) is 83.5 cm³/mol. The quantitative estimate of drug-likeness (QED) is 0.879. The fraction of sp³-hybridized carbons (Fsp3) is 0.250. The Morgan fingerprint density at radius 3 is 1.64 bits per heavy atom. The number of carbonyl (C=O) groups is 2. The van der Waals surface area contributed by atoms with Crippen LogP contribution >= 0.6 is 0 Å². The summed E-state index contributed by atoms with van der Waals surface area (Å²) in [6.07, 6.45) is 3.11. The molecule has 0 aromatic carbocycles. The summed E-state index contributed by atoms with van der Waals surface area (Å²) in [6.45, 7) is 4.83. The summed E-state index contributed by atoms with van der Waals surface area (Å²) in [6, 6.07) is 6.61. The predicted octanol–water partition coefficient (Wildman–Crippen LogP) is 1.64. The van der Waals surface area contributed by atoms with Crippen LogP contribution in [-0.2, 0) is 0 Å². The number of pyridine rings is 2. The Bertz CT molecular complexity index is 626. The van der Waals surface area contributed by atoms with Crippen LogP contribution in [0.4, 0.5) is 0 Å². The normalized spacial score (nSPS) is 10.1. The first-order valence-electron chi connectivity index (χ1n) is 7.14. The summed E-state index contributed by atoms with van der Waals surface area (Å²) in [5.41, 5.74) is 2.12. The number of carbonyl (C=O) groups excluding carboxylic acids is 2. The van der Waals surface area contributed by atoms with E-state index in [1.807, 2.05) is 13.8 Å². The monoisotopic (exact) mass is 298 g/mol. The van der Waals surface area contributed by atoms with Crippen molar-refractivity contribution in [1.29, 1.82) is 0 Å². The van der Waals surface area contributed by atoms with E-state index in [-0.39, 0.29) is 11.8 Å². The van der Waals surface area contributed by atoms with Gasteiger partial charge in [0.25, 0.3) is 11.8 Å². The van der Waals surface area contributed by atoms with Crippen molar-refractivity contribution >= 4 is 11.8 Å². The zero-order valence-electron chi connectivity index (χ0n) is 12.6. The van der Waals surface area contributed by atoms with Gasteiger partial charge in [-0.25, -0.2) is 0 Å². The molecular formula is C16H18N4O2. The lowest BCUT2D eigenvalue weighted by molar-refractivity contribution is 0.0947. The van der Waals surface area contributed by atoms with Crippen LogP contribution in [0.5, 0.6) is 0 Å². The van der Waals surface area contributed by atoms with Crippen LogP contribution in [0, 0.1) is 0 Å². The van der Waals surface area contributed by atoms with Gasteiger partial charge in [-0.15, -0.1) is 0 Å². The van der Waals surface area contributed by atoms with Crippen molar-refractivity contribution in [1.82, 2.24) is 20.6 Å². The highest BCUT2D eigenvalue weighted by molar-refractivity contribution is 5.96. The molecule has 22 heavy (non-hydrogen) atoms. The van der Waals surface area contributed by atoms with Crippen molar-refractivity contribution in [3.8, 4) is 11.4 Å². The Labute approximate surface area is 129 Å². The van der Waals surface area contributed by atoms with Crippen LogP contribution in [0.2, 0.25) is 0 Å². The van der Waals surface area contributed by atoms with Crippen molar-refractivity contribution in [2.75, 3.05) is 13.1 Å². The Morgan fingerprint density at radius 2 is 1.27 bits per heavy atom. The topological polar surface area (TPSA) is 84.0 Å². The first-order chi connectivity index (χ1) is 10.7. The molecule has 0 aliphatic carbocycles. The second-order valence-electron chi connectivity index (χ2n) is 4.58. The first-order valence-corrected chi connectivity index (χ1v) is 7.14. The Kier molecular flexibility index (Phi) is 5.19. The molecule has 0 spiro atoms. The number of aromatic nitrogens is 2. The Hall–Kier alpha value is -2.76. The molecule has 2 N–H and O–H groups in total. The number of amides is 2. The van der Waals surface area contributed by atoms with E-state index in [0.717, 1.165) is 0 Å². The maximum absolute atomic E-state index is 11.9. The molecule has 2 aromatic rings. The Morgan fingerprint density at radius 1 is 0.864 bits per heavy atom. The van der Waals surface area contributed by atoms with Gasteiger partial charge >= 0.3 is 0 Å². The van der Waals surface area contributed by atoms with Gasteiger partial charge in [-0.3, -0.25) is 19.6 Å². The van der Waals surface area contributed by atoms with Gasteiger partial charge in [0.05, 0.1) is 11.4 Å². The zero-order valence-corrected chi connectivity index (χ0v) is 12.6. The Balaban J connectivity index is 2.32. The van der Waals surface area contributed by atoms with Crippen molar-refractivity contribution in [2.45, 2.75) is 13.8 Å². The molecule has 2 heterocycles. The van der Waals surface area contributed by atoms with Crippen LogP contribution in [0.15, 0.2) is 36.7 Å². The van der Waals surface area contributed by atoms with Gasteiger partial charge < -0.3 is 10.6 Å². The van der Waals surface area contributed by atoms with Gasteiger partial charge in [0.1, 0.15) is 0 Å². The summed E-state index contributed by atoms with van der Waals surface area (Å²) in [5.74, 6) is -0.322. The number of rotatable bonds is 5. The third-order valence-electron chi connectivity index (χ3n) is 2.98. The van der Waals surface area contributed by atoms with E-state index in [9.17, 15) is 9.59 Å². The van der Waals surface area contributed by atoms with Crippen molar-refractivity contribution in [3.05, 3.63) is 47.8 Å². The molecule has 2 amide bonds. The van der Waals surface area contributed by atoms with Crippen LogP contribution < -0.4 is 10.6 Å².